The second-order valence-corrected chi connectivity index (χ2v) is 6.76. The number of benzene rings is 2. The van der Waals surface area contributed by atoms with Gasteiger partial charge in [-0.3, -0.25) is 0 Å². The third kappa shape index (κ3) is 2.97. The van der Waals surface area contributed by atoms with Gasteiger partial charge in [-0.2, -0.15) is 0 Å². The number of fused-ring (bicyclic) bond motifs is 1. The van der Waals surface area contributed by atoms with Crippen LogP contribution in [0.5, 0.6) is 0 Å². The van der Waals surface area contributed by atoms with Crippen molar-refractivity contribution in [2.75, 3.05) is 0 Å². The lowest BCUT2D eigenvalue weighted by Crippen LogP contribution is -2.19. The fourth-order valence-electron chi connectivity index (χ4n) is 2.74. The minimum atomic E-state index is -0.903. The maximum atomic E-state index is 11.0. The Labute approximate surface area is 135 Å². The van der Waals surface area contributed by atoms with Gasteiger partial charge in [-0.05, 0) is 29.8 Å². The molecule has 118 valence electrons. The van der Waals surface area contributed by atoms with Crippen LogP contribution in [-0.2, 0) is 12.0 Å². The molecule has 0 aliphatic rings. The first-order valence-corrected chi connectivity index (χ1v) is 7.64. The molecule has 0 saturated carbocycles. The van der Waals surface area contributed by atoms with E-state index >= 15 is 0 Å². The van der Waals surface area contributed by atoms with Crippen LogP contribution in [0.15, 0.2) is 48.5 Å². The molecule has 0 aliphatic heterocycles. The number of aromatic nitrogens is 2. The summed E-state index contributed by atoms with van der Waals surface area (Å²) in [6, 6.07) is 15.1. The van der Waals surface area contributed by atoms with Gasteiger partial charge in [0.25, 0.3) is 0 Å². The molecule has 3 rings (SSSR count). The second-order valence-electron chi connectivity index (χ2n) is 6.76. The minimum Gasteiger partial charge on any atom is -0.478 e. The van der Waals surface area contributed by atoms with Crippen LogP contribution >= 0.6 is 0 Å². The summed E-state index contributed by atoms with van der Waals surface area (Å²) in [4.78, 5) is 15.8. The predicted molar refractivity (Wildman–Crippen MR) is 90.9 cm³/mol. The van der Waals surface area contributed by atoms with Crippen molar-refractivity contribution in [1.29, 1.82) is 0 Å². The SMILES string of the molecule is CC(C)(C)c1nc2ccccc2n1Cc1ccc(C(=O)O)cc1. The summed E-state index contributed by atoms with van der Waals surface area (Å²) < 4.78 is 2.21. The molecule has 0 spiro atoms. The van der Waals surface area contributed by atoms with E-state index in [4.69, 9.17) is 10.1 Å². The molecular formula is C19H20N2O2. The molecule has 4 heteroatoms. The van der Waals surface area contributed by atoms with Crippen LogP contribution < -0.4 is 0 Å². The Hall–Kier alpha value is -2.62. The first-order chi connectivity index (χ1) is 10.9. The normalized spacial score (nSPS) is 11.8. The summed E-state index contributed by atoms with van der Waals surface area (Å²) in [5.41, 5.74) is 3.38. The van der Waals surface area contributed by atoms with Crippen molar-refractivity contribution >= 4 is 17.0 Å². The van der Waals surface area contributed by atoms with Gasteiger partial charge < -0.3 is 9.67 Å². The molecule has 0 unspecified atom stereocenters. The lowest BCUT2D eigenvalue weighted by molar-refractivity contribution is 0.0697. The summed E-state index contributed by atoms with van der Waals surface area (Å²) in [5.74, 6) is 0.126. The molecule has 4 nitrogen and oxygen atoms in total. The zero-order valence-electron chi connectivity index (χ0n) is 13.6. The average Bonchev–Trinajstić information content (AvgIpc) is 2.87. The molecule has 0 aliphatic carbocycles. The highest BCUT2D eigenvalue weighted by molar-refractivity contribution is 5.87. The molecule has 1 heterocycles. The fourth-order valence-corrected chi connectivity index (χ4v) is 2.74. The maximum Gasteiger partial charge on any atom is 0.335 e. The van der Waals surface area contributed by atoms with E-state index in [2.05, 4.69) is 31.4 Å². The van der Waals surface area contributed by atoms with E-state index in [9.17, 15) is 4.79 Å². The Morgan fingerprint density at radius 3 is 2.35 bits per heavy atom. The number of aromatic carboxylic acids is 1. The van der Waals surface area contributed by atoms with Crippen molar-refractivity contribution in [3.05, 3.63) is 65.5 Å². The monoisotopic (exact) mass is 308 g/mol. The zero-order valence-corrected chi connectivity index (χ0v) is 13.6. The van der Waals surface area contributed by atoms with Crippen LogP contribution in [-0.4, -0.2) is 20.6 Å². The van der Waals surface area contributed by atoms with E-state index in [1.54, 1.807) is 12.1 Å². The largest absolute Gasteiger partial charge is 0.478 e. The molecule has 0 radical (unpaired) electrons. The van der Waals surface area contributed by atoms with E-state index in [1.165, 1.54) is 0 Å². The van der Waals surface area contributed by atoms with Crippen molar-refractivity contribution in [3.8, 4) is 0 Å². The van der Waals surface area contributed by atoms with Gasteiger partial charge in [0.2, 0.25) is 0 Å². The molecule has 0 bridgehead atoms. The van der Waals surface area contributed by atoms with Crippen LogP contribution in [0.4, 0.5) is 0 Å². The second kappa shape index (κ2) is 5.54. The molecule has 23 heavy (non-hydrogen) atoms. The Morgan fingerprint density at radius 1 is 1.09 bits per heavy atom. The highest BCUT2D eigenvalue weighted by atomic mass is 16.4. The van der Waals surface area contributed by atoms with E-state index in [-0.39, 0.29) is 5.41 Å². The van der Waals surface area contributed by atoms with Crippen LogP contribution in [0.2, 0.25) is 0 Å². The summed E-state index contributed by atoms with van der Waals surface area (Å²) in [6.45, 7) is 7.13. The van der Waals surface area contributed by atoms with Gasteiger partial charge in [0, 0.05) is 12.0 Å². The van der Waals surface area contributed by atoms with Gasteiger partial charge in [-0.15, -0.1) is 0 Å². The number of para-hydroxylation sites is 2. The maximum absolute atomic E-state index is 11.0. The van der Waals surface area contributed by atoms with Crippen molar-refractivity contribution in [2.45, 2.75) is 32.7 Å². The number of rotatable bonds is 3. The summed E-state index contributed by atoms with van der Waals surface area (Å²) >= 11 is 0. The number of carboxylic acids is 1. The lowest BCUT2D eigenvalue weighted by atomic mass is 9.95. The molecule has 3 aromatic rings. The van der Waals surface area contributed by atoms with Gasteiger partial charge in [0.1, 0.15) is 5.82 Å². The van der Waals surface area contributed by atoms with E-state index in [0.29, 0.717) is 12.1 Å². The molecular weight excluding hydrogens is 288 g/mol. The molecule has 1 aromatic heterocycles. The Bertz CT molecular complexity index is 855. The van der Waals surface area contributed by atoms with Crippen LogP contribution in [0.1, 0.15) is 42.5 Å². The zero-order chi connectivity index (χ0) is 16.6. The standard InChI is InChI=1S/C19H20N2O2/c1-19(2,3)18-20-15-6-4-5-7-16(15)21(18)12-13-8-10-14(11-9-13)17(22)23/h4-11H,12H2,1-3H3,(H,22,23). The number of hydrogen-bond acceptors (Lipinski definition) is 2. The molecule has 0 saturated heterocycles. The van der Waals surface area contributed by atoms with Crippen molar-refractivity contribution in [1.82, 2.24) is 9.55 Å². The van der Waals surface area contributed by atoms with Gasteiger partial charge in [-0.1, -0.05) is 45.0 Å². The Kier molecular flexibility index (Phi) is 3.68. The quantitative estimate of drug-likeness (QED) is 0.793. The Balaban J connectivity index is 2.06. The van der Waals surface area contributed by atoms with Crippen molar-refractivity contribution in [2.24, 2.45) is 0 Å². The third-order valence-corrected chi connectivity index (χ3v) is 3.87. The Morgan fingerprint density at radius 2 is 1.74 bits per heavy atom. The van der Waals surface area contributed by atoms with Gasteiger partial charge in [0.15, 0.2) is 0 Å². The molecule has 1 N–H and O–H groups in total. The van der Waals surface area contributed by atoms with Crippen molar-refractivity contribution < 1.29 is 9.90 Å². The first kappa shape index (κ1) is 15.3. The fraction of sp³-hybridized carbons (Fsp3) is 0.263. The topological polar surface area (TPSA) is 55.1 Å². The highest BCUT2D eigenvalue weighted by Crippen LogP contribution is 2.27. The summed E-state index contributed by atoms with van der Waals surface area (Å²) in [5, 5.41) is 9.01. The average molecular weight is 308 g/mol. The summed E-state index contributed by atoms with van der Waals surface area (Å²) in [7, 11) is 0. The minimum absolute atomic E-state index is 0.0694. The molecule has 0 amide bonds. The van der Waals surface area contributed by atoms with Crippen LogP contribution in [0, 0.1) is 0 Å². The van der Waals surface area contributed by atoms with E-state index < -0.39 is 5.97 Å². The van der Waals surface area contributed by atoms with E-state index in [1.807, 2.05) is 30.3 Å². The van der Waals surface area contributed by atoms with Crippen LogP contribution in [0.3, 0.4) is 0 Å². The lowest BCUT2D eigenvalue weighted by Gasteiger charge is -2.20. The van der Waals surface area contributed by atoms with Crippen LogP contribution in [0.25, 0.3) is 11.0 Å². The molecule has 0 fully saturated rings. The third-order valence-electron chi connectivity index (χ3n) is 3.87. The predicted octanol–water partition coefficient (Wildman–Crippen LogP) is 4.08. The smallest absolute Gasteiger partial charge is 0.335 e. The molecule has 0 atom stereocenters. The highest BCUT2D eigenvalue weighted by Gasteiger charge is 2.22. The number of nitrogens with zero attached hydrogens (tertiary/aromatic N) is 2. The number of imidazole rings is 1. The number of carbonyl (C=O) groups is 1. The van der Waals surface area contributed by atoms with Gasteiger partial charge >= 0.3 is 5.97 Å². The van der Waals surface area contributed by atoms with Gasteiger partial charge in [-0.25, -0.2) is 9.78 Å². The summed E-state index contributed by atoms with van der Waals surface area (Å²) in [6.07, 6.45) is 0. The molecule has 2 aromatic carbocycles. The van der Waals surface area contributed by atoms with Crippen molar-refractivity contribution in [3.63, 3.8) is 0 Å². The number of hydrogen-bond donors (Lipinski definition) is 1. The first-order valence-electron chi connectivity index (χ1n) is 7.64. The van der Waals surface area contributed by atoms with Gasteiger partial charge in [0.05, 0.1) is 16.6 Å². The number of carboxylic acid groups (broad SMARTS) is 1. The van der Waals surface area contributed by atoms with E-state index in [0.717, 1.165) is 22.4 Å².